The van der Waals surface area contributed by atoms with E-state index >= 15 is 0 Å². The Balaban J connectivity index is 2.21. The highest BCUT2D eigenvalue weighted by Gasteiger charge is 2.21. The van der Waals surface area contributed by atoms with E-state index in [1.165, 1.54) is 62.5 Å². The zero-order valence-electron chi connectivity index (χ0n) is 13.7. The average molecular weight is 379 g/mol. The molecule has 0 aliphatic rings. The summed E-state index contributed by atoms with van der Waals surface area (Å²) >= 11 is 0.912. The standard InChI is InChI=1S/C17H17NO5S2/c1-12(19)24-11-17(21)13-3-9-16(10-4-13)25(22,23)18(2)14-5-7-15(20)8-6-14/h3-10,20H,11H2,1-2H3. The molecule has 8 heteroatoms. The molecule has 6 nitrogen and oxygen atoms in total. The second-order valence-corrected chi connectivity index (χ2v) is 8.34. The van der Waals surface area contributed by atoms with Crippen LogP contribution in [-0.2, 0) is 14.8 Å². The third-order valence-corrected chi connectivity index (χ3v) is 6.07. The predicted octanol–water partition coefficient (Wildman–Crippen LogP) is 2.68. The van der Waals surface area contributed by atoms with Crippen molar-refractivity contribution in [2.75, 3.05) is 17.1 Å². The summed E-state index contributed by atoms with van der Waals surface area (Å²) in [6, 6.07) is 11.4. The fourth-order valence-corrected chi connectivity index (χ4v) is 3.72. The van der Waals surface area contributed by atoms with Gasteiger partial charge in [-0.15, -0.1) is 0 Å². The number of nitrogens with zero attached hydrogens (tertiary/aromatic N) is 1. The number of Topliss-reactive ketones (excluding diaryl/α,β-unsaturated/α-hetero) is 1. The van der Waals surface area contributed by atoms with Crippen LogP contribution in [0.3, 0.4) is 0 Å². The van der Waals surface area contributed by atoms with E-state index in [-0.39, 0.29) is 27.3 Å². The third kappa shape index (κ3) is 4.61. The molecule has 0 aromatic heterocycles. The lowest BCUT2D eigenvalue weighted by Gasteiger charge is -2.19. The summed E-state index contributed by atoms with van der Waals surface area (Å²) in [4.78, 5) is 22.9. The molecule has 25 heavy (non-hydrogen) atoms. The molecule has 132 valence electrons. The van der Waals surface area contributed by atoms with E-state index in [1.54, 1.807) is 0 Å². The maximum absolute atomic E-state index is 12.6. The van der Waals surface area contributed by atoms with Gasteiger partial charge in [0, 0.05) is 19.5 Å². The van der Waals surface area contributed by atoms with E-state index in [4.69, 9.17) is 0 Å². The molecule has 0 radical (unpaired) electrons. The zero-order valence-corrected chi connectivity index (χ0v) is 15.3. The Labute approximate surface area is 150 Å². The molecule has 0 spiro atoms. The highest BCUT2D eigenvalue weighted by Crippen LogP contribution is 2.24. The third-order valence-electron chi connectivity index (χ3n) is 3.45. The van der Waals surface area contributed by atoms with Crippen molar-refractivity contribution in [3.05, 3.63) is 54.1 Å². The van der Waals surface area contributed by atoms with E-state index in [0.717, 1.165) is 16.1 Å². The lowest BCUT2D eigenvalue weighted by atomic mass is 10.1. The number of phenolic OH excluding ortho intramolecular Hbond substituents is 1. The molecular weight excluding hydrogens is 362 g/mol. The van der Waals surface area contributed by atoms with Crippen LogP contribution in [0.2, 0.25) is 0 Å². The second kappa shape index (κ2) is 7.71. The van der Waals surface area contributed by atoms with Crippen molar-refractivity contribution in [2.24, 2.45) is 0 Å². The Morgan fingerprint density at radius 3 is 2.12 bits per heavy atom. The predicted molar refractivity (Wildman–Crippen MR) is 97.6 cm³/mol. The second-order valence-electron chi connectivity index (χ2n) is 5.22. The number of carbonyl (C=O) groups is 2. The van der Waals surface area contributed by atoms with Crippen molar-refractivity contribution in [1.82, 2.24) is 0 Å². The summed E-state index contributed by atoms with van der Waals surface area (Å²) < 4.78 is 26.4. The first kappa shape index (κ1) is 19.0. The minimum absolute atomic E-state index is 0.0227. The minimum Gasteiger partial charge on any atom is -0.508 e. The van der Waals surface area contributed by atoms with Crippen LogP contribution >= 0.6 is 11.8 Å². The van der Waals surface area contributed by atoms with Gasteiger partial charge in [-0.3, -0.25) is 13.9 Å². The number of anilines is 1. The monoisotopic (exact) mass is 379 g/mol. The van der Waals surface area contributed by atoms with Crippen molar-refractivity contribution in [2.45, 2.75) is 11.8 Å². The van der Waals surface area contributed by atoms with Crippen LogP contribution in [0.5, 0.6) is 5.75 Å². The molecule has 0 aliphatic heterocycles. The number of sulfonamides is 1. The van der Waals surface area contributed by atoms with E-state index in [9.17, 15) is 23.1 Å². The van der Waals surface area contributed by atoms with Gasteiger partial charge < -0.3 is 5.11 Å². The molecule has 2 aromatic carbocycles. The number of carbonyl (C=O) groups excluding carboxylic acids is 2. The molecule has 0 fully saturated rings. The van der Waals surface area contributed by atoms with Crippen molar-refractivity contribution in [3.8, 4) is 5.75 Å². The summed E-state index contributed by atoms with van der Waals surface area (Å²) in [5, 5.41) is 9.15. The van der Waals surface area contributed by atoms with E-state index in [2.05, 4.69) is 0 Å². The molecule has 0 heterocycles. The molecule has 1 N–H and O–H groups in total. The molecule has 0 aliphatic carbocycles. The molecule has 0 saturated heterocycles. The summed E-state index contributed by atoms with van der Waals surface area (Å²) in [6.07, 6.45) is 0. The first-order valence-corrected chi connectivity index (χ1v) is 9.69. The van der Waals surface area contributed by atoms with Crippen LogP contribution in [0.4, 0.5) is 5.69 Å². The number of hydrogen-bond acceptors (Lipinski definition) is 6. The minimum atomic E-state index is -3.79. The summed E-state index contributed by atoms with van der Waals surface area (Å²) in [6.45, 7) is 1.38. The van der Waals surface area contributed by atoms with E-state index in [0.29, 0.717) is 11.3 Å². The Bertz CT molecular complexity index is 874. The quantitative estimate of drug-likeness (QED) is 0.776. The van der Waals surface area contributed by atoms with Gasteiger partial charge in [0.25, 0.3) is 10.0 Å². The Kier molecular flexibility index (Phi) is 5.86. The van der Waals surface area contributed by atoms with Crippen LogP contribution in [-0.4, -0.2) is 37.2 Å². The Hall–Kier alpha value is -2.32. The molecule has 2 aromatic rings. The van der Waals surface area contributed by atoms with Crippen molar-refractivity contribution in [1.29, 1.82) is 0 Å². The van der Waals surface area contributed by atoms with Crippen LogP contribution in [0.1, 0.15) is 17.3 Å². The number of rotatable bonds is 6. The van der Waals surface area contributed by atoms with Gasteiger partial charge in [0.15, 0.2) is 10.9 Å². The van der Waals surface area contributed by atoms with E-state index < -0.39 is 10.0 Å². The van der Waals surface area contributed by atoms with Gasteiger partial charge in [0.05, 0.1) is 16.3 Å². The topological polar surface area (TPSA) is 91.8 Å². The largest absolute Gasteiger partial charge is 0.508 e. The Morgan fingerprint density at radius 1 is 1.04 bits per heavy atom. The first-order valence-electron chi connectivity index (χ1n) is 7.26. The highest BCUT2D eigenvalue weighted by atomic mass is 32.2. The summed E-state index contributed by atoms with van der Waals surface area (Å²) in [5.74, 6) is -0.175. The number of hydrogen-bond donors (Lipinski definition) is 1. The molecular formula is C17H17NO5S2. The van der Waals surface area contributed by atoms with Crippen LogP contribution in [0, 0.1) is 0 Å². The van der Waals surface area contributed by atoms with Gasteiger partial charge >= 0.3 is 0 Å². The van der Waals surface area contributed by atoms with Crippen molar-refractivity contribution >= 4 is 38.4 Å². The number of phenols is 1. The number of aromatic hydroxyl groups is 1. The zero-order chi connectivity index (χ0) is 18.6. The molecule has 0 saturated carbocycles. The lowest BCUT2D eigenvalue weighted by molar-refractivity contribution is -0.109. The fourth-order valence-electron chi connectivity index (χ4n) is 2.02. The normalized spacial score (nSPS) is 11.1. The molecule has 0 unspecified atom stereocenters. The molecule has 0 amide bonds. The maximum atomic E-state index is 12.6. The van der Waals surface area contributed by atoms with E-state index in [1.807, 2.05) is 0 Å². The summed E-state index contributed by atoms with van der Waals surface area (Å²) in [5.41, 5.74) is 0.746. The van der Waals surface area contributed by atoms with Crippen molar-refractivity contribution in [3.63, 3.8) is 0 Å². The number of benzene rings is 2. The van der Waals surface area contributed by atoms with Gasteiger partial charge in [-0.1, -0.05) is 23.9 Å². The van der Waals surface area contributed by atoms with Gasteiger partial charge in [0.2, 0.25) is 0 Å². The smallest absolute Gasteiger partial charge is 0.264 e. The number of thioether (sulfide) groups is 1. The summed E-state index contributed by atoms with van der Waals surface area (Å²) in [7, 11) is -2.38. The van der Waals surface area contributed by atoms with Gasteiger partial charge in [-0.2, -0.15) is 0 Å². The molecule has 2 rings (SSSR count). The van der Waals surface area contributed by atoms with Gasteiger partial charge in [0.1, 0.15) is 5.75 Å². The van der Waals surface area contributed by atoms with Crippen LogP contribution in [0.25, 0.3) is 0 Å². The SMILES string of the molecule is CC(=O)SCC(=O)c1ccc(S(=O)(=O)N(C)c2ccc(O)cc2)cc1. The molecule has 0 atom stereocenters. The number of ketones is 1. The van der Waals surface area contributed by atoms with Crippen molar-refractivity contribution < 1.29 is 23.1 Å². The average Bonchev–Trinajstić information content (AvgIpc) is 2.59. The van der Waals surface area contributed by atoms with Gasteiger partial charge in [-0.05, 0) is 36.4 Å². The van der Waals surface area contributed by atoms with Crippen LogP contribution in [0.15, 0.2) is 53.4 Å². The van der Waals surface area contributed by atoms with Crippen LogP contribution < -0.4 is 4.31 Å². The first-order chi connectivity index (χ1) is 11.7. The highest BCUT2D eigenvalue weighted by molar-refractivity contribution is 8.14. The molecule has 0 bridgehead atoms. The fraction of sp³-hybridized carbons (Fsp3) is 0.176. The van der Waals surface area contributed by atoms with Gasteiger partial charge in [-0.25, -0.2) is 8.42 Å². The lowest BCUT2D eigenvalue weighted by Crippen LogP contribution is -2.26. The Morgan fingerprint density at radius 2 is 1.60 bits per heavy atom. The maximum Gasteiger partial charge on any atom is 0.264 e.